The molecule has 2 rings (SSSR count). The third-order valence-electron chi connectivity index (χ3n) is 2.73. The smallest absolute Gasteiger partial charge is 0.339 e. The van der Waals surface area contributed by atoms with Crippen molar-refractivity contribution in [2.45, 2.75) is 0 Å². The number of aromatic carboxylic acids is 1. The zero-order valence-electron chi connectivity index (χ0n) is 10.7. The quantitative estimate of drug-likeness (QED) is 0.441. The molecule has 1 atom stereocenters. The number of hydrogen-bond acceptors (Lipinski definition) is 3. The van der Waals surface area contributed by atoms with Crippen molar-refractivity contribution in [3.8, 4) is 5.75 Å². The standard InChI is InChI=1S/C13H9BrINO5S/c14-10-5-7(15)1-4-11(10)16(22(20)21)8-2-3-9(13(18)19)12(17)6-8/h1-6,17H,(H,18,19)(H,20,21). The van der Waals surface area contributed by atoms with Gasteiger partial charge in [0.15, 0.2) is 0 Å². The first-order valence-corrected chi connectivity index (χ1v) is 8.67. The van der Waals surface area contributed by atoms with Crippen molar-refractivity contribution in [1.82, 2.24) is 0 Å². The molecule has 0 spiro atoms. The van der Waals surface area contributed by atoms with Crippen molar-refractivity contribution in [2.24, 2.45) is 0 Å². The van der Waals surface area contributed by atoms with Gasteiger partial charge in [-0.15, -0.1) is 0 Å². The van der Waals surface area contributed by atoms with E-state index in [1.165, 1.54) is 12.1 Å². The molecule has 0 heterocycles. The third kappa shape index (κ3) is 3.59. The number of aromatic hydroxyl groups is 1. The number of carboxylic acid groups (broad SMARTS) is 1. The van der Waals surface area contributed by atoms with Gasteiger partial charge in [0.1, 0.15) is 11.3 Å². The lowest BCUT2D eigenvalue weighted by Gasteiger charge is -2.22. The number of carbonyl (C=O) groups is 1. The monoisotopic (exact) mass is 497 g/mol. The van der Waals surface area contributed by atoms with Gasteiger partial charge in [0.05, 0.1) is 11.4 Å². The lowest BCUT2D eigenvalue weighted by Crippen LogP contribution is -2.19. The molecule has 2 aromatic carbocycles. The topological polar surface area (TPSA) is 98.1 Å². The Labute approximate surface area is 150 Å². The van der Waals surface area contributed by atoms with Gasteiger partial charge in [-0.3, -0.25) is 4.55 Å². The SMILES string of the molecule is O=C(O)c1ccc(N(c2ccc(I)cc2Br)S(=O)O)cc1O. The number of rotatable bonds is 4. The third-order valence-corrected chi connectivity index (χ3v) is 4.76. The van der Waals surface area contributed by atoms with E-state index >= 15 is 0 Å². The molecule has 1 unspecified atom stereocenters. The van der Waals surface area contributed by atoms with E-state index < -0.39 is 23.0 Å². The zero-order valence-corrected chi connectivity index (χ0v) is 15.3. The van der Waals surface area contributed by atoms with Crippen molar-refractivity contribution in [3.63, 3.8) is 0 Å². The summed E-state index contributed by atoms with van der Waals surface area (Å²) < 4.78 is 23.8. The molecule has 6 nitrogen and oxygen atoms in total. The summed E-state index contributed by atoms with van der Waals surface area (Å²) in [7, 11) is 0. The minimum Gasteiger partial charge on any atom is -0.507 e. The minimum atomic E-state index is -2.41. The van der Waals surface area contributed by atoms with Crippen LogP contribution in [0.3, 0.4) is 0 Å². The van der Waals surface area contributed by atoms with Gasteiger partial charge >= 0.3 is 5.97 Å². The average Bonchev–Trinajstić information content (AvgIpc) is 2.41. The maximum atomic E-state index is 11.7. The highest BCUT2D eigenvalue weighted by Gasteiger charge is 2.20. The summed E-state index contributed by atoms with van der Waals surface area (Å²) in [4.78, 5) is 10.9. The Bertz CT molecular complexity index is 770. The summed E-state index contributed by atoms with van der Waals surface area (Å²) in [5.74, 6) is -1.77. The molecule has 2 aromatic rings. The van der Waals surface area contributed by atoms with Crippen molar-refractivity contribution < 1.29 is 23.8 Å². The highest BCUT2D eigenvalue weighted by Crippen LogP contribution is 2.36. The van der Waals surface area contributed by atoms with E-state index in [9.17, 15) is 18.7 Å². The van der Waals surface area contributed by atoms with E-state index in [4.69, 9.17) is 5.11 Å². The fourth-order valence-corrected chi connectivity index (χ4v) is 4.00. The highest BCUT2D eigenvalue weighted by molar-refractivity contribution is 14.1. The fraction of sp³-hybridized carbons (Fsp3) is 0. The van der Waals surface area contributed by atoms with Gasteiger partial charge in [0.25, 0.3) is 11.3 Å². The average molecular weight is 498 g/mol. The normalized spacial score (nSPS) is 12.0. The Balaban J connectivity index is 2.56. The summed E-state index contributed by atoms with van der Waals surface area (Å²) in [5.41, 5.74) is 0.308. The second kappa shape index (κ2) is 6.94. The van der Waals surface area contributed by atoms with E-state index in [2.05, 4.69) is 38.5 Å². The van der Waals surface area contributed by atoms with Crippen LogP contribution in [0.15, 0.2) is 40.9 Å². The maximum Gasteiger partial charge on any atom is 0.339 e. The van der Waals surface area contributed by atoms with E-state index in [1.807, 2.05) is 0 Å². The first-order valence-electron chi connectivity index (χ1n) is 5.73. The van der Waals surface area contributed by atoms with Gasteiger partial charge in [-0.1, -0.05) is 0 Å². The van der Waals surface area contributed by atoms with Gasteiger partial charge < -0.3 is 10.2 Å². The number of anilines is 2. The Hall–Kier alpha value is -1.17. The van der Waals surface area contributed by atoms with Crippen LogP contribution in [0.5, 0.6) is 5.75 Å². The van der Waals surface area contributed by atoms with Crippen LogP contribution < -0.4 is 4.31 Å². The molecule has 0 amide bonds. The van der Waals surface area contributed by atoms with Crippen LogP contribution in [-0.4, -0.2) is 24.9 Å². The predicted octanol–water partition coefficient (Wildman–Crippen LogP) is 3.73. The summed E-state index contributed by atoms with van der Waals surface area (Å²) in [6.45, 7) is 0. The van der Waals surface area contributed by atoms with Crippen molar-refractivity contribution in [2.75, 3.05) is 4.31 Å². The van der Waals surface area contributed by atoms with E-state index in [1.54, 1.807) is 18.2 Å². The Morgan fingerprint density at radius 1 is 1.23 bits per heavy atom. The number of nitrogens with zero attached hydrogens (tertiary/aromatic N) is 1. The van der Waals surface area contributed by atoms with E-state index in [-0.39, 0.29) is 11.3 Å². The van der Waals surface area contributed by atoms with E-state index in [0.717, 1.165) is 13.9 Å². The molecule has 0 aliphatic heterocycles. The van der Waals surface area contributed by atoms with Crippen molar-refractivity contribution in [1.29, 1.82) is 0 Å². The Kier molecular flexibility index (Phi) is 5.42. The second-order valence-electron chi connectivity index (χ2n) is 4.13. The Morgan fingerprint density at radius 2 is 1.91 bits per heavy atom. The predicted molar refractivity (Wildman–Crippen MR) is 94.8 cm³/mol. The molecule has 3 N–H and O–H groups in total. The summed E-state index contributed by atoms with van der Waals surface area (Å²) in [6, 6.07) is 8.81. The van der Waals surface area contributed by atoms with Gasteiger partial charge in [0.2, 0.25) is 0 Å². The fourth-order valence-electron chi connectivity index (χ4n) is 1.79. The second-order valence-corrected chi connectivity index (χ2v) is 7.05. The number of benzene rings is 2. The molecule has 0 aliphatic carbocycles. The number of carboxylic acids is 1. The molecular weight excluding hydrogens is 489 g/mol. The molecule has 22 heavy (non-hydrogen) atoms. The van der Waals surface area contributed by atoms with Gasteiger partial charge in [-0.25, -0.2) is 13.3 Å². The maximum absolute atomic E-state index is 11.7. The van der Waals surface area contributed by atoms with Crippen molar-refractivity contribution >= 4 is 67.1 Å². The molecule has 0 aliphatic rings. The van der Waals surface area contributed by atoms with Gasteiger partial charge in [0, 0.05) is 14.1 Å². The summed E-state index contributed by atoms with van der Waals surface area (Å²) in [6.07, 6.45) is 0. The van der Waals surface area contributed by atoms with Crippen LogP contribution in [0.2, 0.25) is 0 Å². The van der Waals surface area contributed by atoms with Crippen LogP contribution in [0.1, 0.15) is 10.4 Å². The van der Waals surface area contributed by atoms with Gasteiger partial charge in [-0.05, 0) is 68.9 Å². The number of hydrogen-bond donors (Lipinski definition) is 3. The molecule has 0 saturated heterocycles. The van der Waals surface area contributed by atoms with Crippen LogP contribution in [-0.2, 0) is 11.3 Å². The first kappa shape index (κ1) is 17.2. The van der Waals surface area contributed by atoms with Crippen LogP contribution in [0.25, 0.3) is 0 Å². The molecule has 0 saturated carbocycles. The molecule has 0 bridgehead atoms. The van der Waals surface area contributed by atoms with Crippen molar-refractivity contribution in [3.05, 3.63) is 50.0 Å². The van der Waals surface area contributed by atoms with Crippen LogP contribution in [0, 0.1) is 3.57 Å². The molecule has 0 fully saturated rings. The largest absolute Gasteiger partial charge is 0.507 e. The summed E-state index contributed by atoms with van der Waals surface area (Å²) >= 11 is 3.02. The lowest BCUT2D eigenvalue weighted by atomic mass is 10.2. The zero-order chi connectivity index (χ0) is 16.4. The minimum absolute atomic E-state index is 0.185. The molecule has 116 valence electrons. The van der Waals surface area contributed by atoms with Gasteiger partial charge in [-0.2, -0.15) is 0 Å². The Morgan fingerprint density at radius 3 is 2.41 bits per heavy atom. The van der Waals surface area contributed by atoms with Crippen LogP contribution in [0.4, 0.5) is 11.4 Å². The molecule has 0 radical (unpaired) electrons. The first-order chi connectivity index (χ1) is 10.3. The molecular formula is C13H9BrINO5S. The van der Waals surface area contributed by atoms with Crippen LogP contribution >= 0.6 is 38.5 Å². The summed E-state index contributed by atoms with van der Waals surface area (Å²) in [5, 5.41) is 18.7. The highest BCUT2D eigenvalue weighted by atomic mass is 127. The number of phenols is 1. The molecule has 0 aromatic heterocycles. The molecule has 9 heteroatoms. The van der Waals surface area contributed by atoms with E-state index in [0.29, 0.717) is 10.2 Å². The lowest BCUT2D eigenvalue weighted by molar-refractivity contribution is 0.0694. The number of halogens is 2.